The van der Waals surface area contributed by atoms with E-state index < -0.39 is 6.10 Å². The number of aryl methyl sites for hydroxylation is 1. The van der Waals surface area contributed by atoms with E-state index in [9.17, 15) is 9.18 Å². The molecule has 21 heavy (non-hydrogen) atoms. The third-order valence-corrected chi connectivity index (χ3v) is 3.93. The van der Waals surface area contributed by atoms with E-state index in [0.29, 0.717) is 19.2 Å². The molecule has 0 spiro atoms. The molecule has 5 heteroatoms. The summed E-state index contributed by atoms with van der Waals surface area (Å²) in [6.45, 7) is 4.01. The minimum atomic E-state index is -0.500. The largest absolute Gasteiger partial charge is 0.467 e. The van der Waals surface area contributed by atoms with Crippen molar-refractivity contribution in [3.05, 3.63) is 35.6 Å². The van der Waals surface area contributed by atoms with E-state index in [0.717, 1.165) is 24.9 Å². The SMILES string of the molecule is COC(=O)C1CN(C(C)CCc2cccc(F)c2)CCO1. The van der Waals surface area contributed by atoms with Gasteiger partial charge in [-0.15, -0.1) is 0 Å². The third kappa shape index (κ3) is 4.51. The summed E-state index contributed by atoms with van der Waals surface area (Å²) in [5.41, 5.74) is 1.000. The first-order valence-corrected chi connectivity index (χ1v) is 7.28. The van der Waals surface area contributed by atoms with E-state index >= 15 is 0 Å². The van der Waals surface area contributed by atoms with Crippen molar-refractivity contribution < 1.29 is 18.7 Å². The van der Waals surface area contributed by atoms with Crippen LogP contribution in [-0.4, -0.2) is 49.8 Å². The number of hydrogen-bond donors (Lipinski definition) is 0. The van der Waals surface area contributed by atoms with E-state index in [4.69, 9.17) is 9.47 Å². The van der Waals surface area contributed by atoms with Gasteiger partial charge >= 0.3 is 5.97 Å². The molecule has 1 saturated heterocycles. The van der Waals surface area contributed by atoms with Crippen molar-refractivity contribution in [2.24, 2.45) is 0 Å². The lowest BCUT2D eigenvalue weighted by Gasteiger charge is -2.35. The summed E-state index contributed by atoms with van der Waals surface area (Å²) < 4.78 is 23.3. The summed E-state index contributed by atoms with van der Waals surface area (Å²) >= 11 is 0. The molecule has 0 aliphatic carbocycles. The average Bonchev–Trinajstić information content (AvgIpc) is 2.52. The van der Waals surface area contributed by atoms with Crippen molar-refractivity contribution in [1.29, 1.82) is 0 Å². The Morgan fingerprint density at radius 2 is 2.38 bits per heavy atom. The molecule has 2 atom stereocenters. The number of carbonyl (C=O) groups excluding carboxylic acids is 1. The number of halogens is 1. The molecule has 0 saturated carbocycles. The van der Waals surface area contributed by atoms with Gasteiger partial charge in [-0.2, -0.15) is 0 Å². The van der Waals surface area contributed by atoms with Crippen LogP contribution in [0.5, 0.6) is 0 Å². The fourth-order valence-electron chi connectivity index (χ4n) is 2.59. The molecule has 0 aromatic heterocycles. The minimum absolute atomic E-state index is 0.197. The normalized spacial score (nSPS) is 21.0. The van der Waals surface area contributed by atoms with Gasteiger partial charge in [0.15, 0.2) is 6.10 Å². The maximum absolute atomic E-state index is 13.1. The van der Waals surface area contributed by atoms with Crippen LogP contribution in [0.4, 0.5) is 4.39 Å². The Balaban J connectivity index is 1.85. The summed E-state index contributed by atoms with van der Waals surface area (Å²) in [6.07, 6.45) is 1.23. The Hall–Kier alpha value is -1.46. The van der Waals surface area contributed by atoms with Crippen LogP contribution in [0.3, 0.4) is 0 Å². The summed E-state index contributed by atoms with van der Waals surface area (Å²) in [7, 11) is 1.37. The standard InChI is InChI=1S/C16H22FNO3/c1-12(6-7-13-4-3-5-14(17)10-13)18-8-9-21-15(11-18)16(19)20-2/h3-5,10,12,15H,6-9,11H2,1-2H3. The van der Waals surface area contributed by atoms with E-state index in [1.807, 2.05) is 6.07 Å². The summed E-state index contributed by atoms with van der Waals surface area (Å²) in [5.74, 6) is -0.519. The highest BCUT2D eigenvalue weighted by Crippen LogP contribution is 2.15. The number of benzene rings is 1. The molecule has 1 heterocycles. The van der Waals surface area contributed by atoms with Crippen molar-refractivity contribution in [3.8, 4) is 0 Å². The first-order valence-electron chi connectivity index (χ1n) is 7.28. The quantitative estimate of drug-likeness (QED) is 0.779. The van der Waals surface area contributed by atoms with Crippen molar-refractivity contribution in [2.45, 2.75) is 31.9 Å². The monoisotopic (exact) mass is 295 g/mol. The lowest BCUT2D eigenvalue weighted by Crippen LogP contribution is -2.49. The van der Waals surface area contributed by atoms with Crippen LogP contribution in [0.1, 0.15) is 18.9 Å². The highest BCUT2D eigenvalue weighted by Gasteiger charge is 2.29. The molecular formula is C16H22FNO3. The van der Waals surface area contributed by atoms with Gasteiger partial charge < -0.3 is 9.47 Å². The van der Waals surface area contributed by atoms with Gasteiger partial charge in [0, 0.05) is 19.1 Å². The maximum Gasteiger partial charge on any atom is 0.336 e. The van der Waals surface area contributed by atoms with Crippen molar-refractivity contribution in [2.75, 3.05) is 26.8 Å². The second kappa shape index (κ2) is 7.52. The van der Waals surface area contributed by atoms with Gasteiger partial charge in [-0.25, -0.2) is 9.18 Å². The fraction of sp³-hybridized carbons (Fsp3) is 0.562. The van der Waals surface area contributed by atoms with Gasteiger partial charge in [0.25, 0.3) is 0 Å². The van der Waals surface area contributed by atoms with Crippen LogP contribution in [-0.2, 0) is 20.7 Å². The van der Waals surface area contributed by atoms with Gasteiger partial charge in [0.05, 0.1) is 13.7 Å². The zero-order valence-electron chi connectivity index (χ0n) is 12.5. The van der Waals surface area contributed by atoms with Gasteiger partial charge in [0.2, 0.25) is 0 Å². The third-order valence-electron chi connectivity index (χ3n) is 3.93. The molecule has 0 bridgehead atoms. The molecule has 2 unspecified atom stereocenters. The van der Waals surface area contributed by atoms with Crippen LogP contribution in [0, 0.1) is 5.82 Å². The molecule has 116 valence electrons. The molecule has 0 N–H and O–H groups in total. The fourth-order valence-corrected chi connectivity index (χ4v) is 2.59. The Kier molecular flexibility index (Phi) is 5.70. The molecule has 4 nitrogen and oxygen atoms in total. The smallest absolute Gasteiger partial charge is 0.336 e. The highest BCUT2D eigenvalue weighted by atomic mass is 19.1. The molecule has 1 aromatic carbocycles. The molecule has 1 aromatic rings. The topological polar surface area (TPSA) is 38.8 Å². The predicted octanol–water partition coefficient (Wildman–Crippen LogP) is 2.02. The number of ether oxygens (including phenoxy) is 2. The lowest BCUT2D eigenvalue weighted by molar-refractivity contribution is -0.160. The van der Waals surface area contributed by atoms with Crippen molar-refractivity contribution in [3.63, 3.8) is 0 Å². The molecule has 1 aliphatic rings. The van der Waals surface area contributed by atoms with E-state index in [2.05, 4.69) is 11.8 Å². The summed E-state index contributed by atoms with van der Waals surface area (Å²) in [4.78, 5) is 13.8. The second-order valence-corrected chi connectivity index (χ2v) is 5.40. The molecule has 1 fully saturated rings. The lowest BCUT2D eigenvalue weighted by atomic mass is 10.0. The van der Waals surface area contributed by atoms with Crippen LogP contribution in [0.2, 0.25) is 0 Å². The van der Waals surface area contributed by atoms with Crippen LogP contribution >= 0.6 is 0 Å². The Morgan fingerprint density at radius 1 is 1.57 bits per heavy atom. The number of methoxy groups -OCH3 is 1. The molecule has 1 aliphatic heterocycles. The van der Waals surface area contributed by atoms with Crippen LogP contribution < -0.4 is 0 Å². The number of rotatable bonds is 5. The van der Waals surface area contributed by atoms with Gasteiger partial charge in [-0.3, -0.25) is 4.90 Å². The maximum atomic E-state index is 13.1. The number of esters is 1. The first kappa shape index (κ1) is 15.9. The summed E-state index contributed by atoms with van der Waals surface area (Å²) in [5, 5.41) is 0. The Bertz CT molecular complexity index is 480. The number of morpholine rings is 1. The highest BCUT2D eigenvalue weighted by molar-refractivity contribution is 5.74. The first-order chi connectivity index (χ1) is 10.1. The van der Waals surface area contributed by atoms with Crippen molar-refractivity contribution in [1.82, 2.24) is 4.90 Å². The molecule has 0 radical (unpaired) electrons. The number of carbonyl (C=O) groups is 1. The number of hydrogen-bond acceptors (Lipinski definition) is 4. The average molecular weight is 295 g/mol. The molecular weight excluding hydrogens is 273 g/mol. The zero-order chi connectivity index (χ0) is 15.2. The van der Waals surface area contributed by atoms with E-state index in [1.165, 1.54) is 13.2 Å². The van der Waals surface area contributed by atoms with Crippen molar-refractivity contribution >= 4 is 5.97 Å². The number of nitrogens with zero attached hydrogens (tertiary/aromatic N) is 1. The van der Waals surface area contributed by atoms with Gasteiger partial charge in [-0.1, -0.05) is 12.1 Å². The van der Waals surface area contributed by atoms with Gasteiger partial charge in [-0.05, 0) is 37.5 Å². The van der Waals surface area contributed by atoms with E-state index in [-0.39, 0.29) is 11.8 Å². The van der Waals surface area contributed by atoms with Gasteiger partial charge in [0.1, 0.15) is 5.82 Å². The van der Waals surface area contributed by atoms with Crippen LogP contribution in [0.25, 0.3) is 0 Å². The Labute approximate surface area is 124 Å². The minimum Gasteiger partial charge on any atom is -0.467 e. The molecule has 2 rings (SSSR count). The summed E-state index contributed by atoms with van der Waals surface area (Å²) in [6, 6.07) is 7.01. The van der Waals surface area contributed by atoms with Crippen LogP contribution in [0.15, 0.2) is 24.3 Å². The zero-order valence-corrected chi connectivity index (χ0v) is 12.5. The van der Waals surface area contributed by atoms with E-state index in [1.54, 1.807) is 12.1 Å². The Morgan fingerprint density at radius 3 is 3.10 bits per heavy atom. The molecule has 0 amide bonds. The predicted molar refractivity (Wildman–Crippen MR) is 77.5 cm³/mol. The second-order valence-electron chi connectivity index (χ2n) is 5.40.